The first-order chi connectivity index (χ1) is 23.5. The molecule has 7 amide bonds. The molecule has 1 fully saturated rings. The summed E-state index contributed by atoms with van der Waals surface area (Å²) in [6, 6.07) is 3.62. The van der Waals surface area contributed by atoms with Crippen LogP contribution in [0, 0.1) is 35.5 Å². The quantitative estimate of drug-likeness (QED) is 0.119. The summed E-state index contributed by atoms with van der Waals surface area (Å²) < 4.78 is 5.50. The Morgan fingerprint density at radius 3 is 2.02 bits per heavy atom. The second-order valence-electron chi connectivity index (χ2n) is 14.2. The van der Waals surface area contributed by atoms with Crippen molar-refractivity contribution in [2.24, 2.45) is 41.2 Å². The molecule has 280 valence electrons. The van der Waals surface area contributed by atoms with E-state index < -0.39 is 42.1 Å². The van der Waals surface area contributed by atoms with Gasteiger partial charge in [0.25, 0.3) is 0 Å². The molecule has 0 spiro atoms. The van der Waals surface area contributed by atoms with Gasteiger partial charge in [-0.15, -0.1) is 0 Å². The number of nitrogens with two attached hydrogens (primary N) is 1. The number of anilines is 1. The number of hydrogen-bond acceptors (Lipinski definition) is 7. The first-order valence-corrected chi connectivity index (χ1v) is 17.7. The van der Waals surface area contributed by atoms with E-state index in [4.69, 9.17) is 10.5 Å². The molecule has 0 saturated heterocycles. The highest BCUT2D eigenvalue weighted by Crippen LogP contribution is 2.48. The van der Waals surface area contributed by atoms with E-state index >= 15 is 0 Å². The molecule has 1 saturated carbocycles. The van der Waals surface area contributed by atoms with Gasteiger partial charge in [0.1, 0.15) is 24.7 Å². The number of carbonyl (C=O) groups is 6. The highest BCUT2D eigenvalue weighted by atomic mass is 16.6. The number of rotatable bonds is 19. The zero-order chi connectivity index (χ0) is 37.7. The maximum absolute atomic E-state index is 13.4. The second-order valence-corrected chi connectivity index (χ2v) is 14.2. The summed E-state index contributed by atoms with van der Waals surface area (Å²) in [6.45, 7) is 13.6. The fourth-order valence-corrected chi connectivity index (χ4v) is 6.36. The van der Waals surface area contributed by atoms with Crippen LogP contribution in [0.1, 0.15) is 79.7 Å². The van der Waals surface area contributed by atoms with Crippen LogP contribution < -0.4 is 32.3 Å². The smallest absolute Gasteiger partial charge is 0.410 e. The molecule has 0 aromatic heterocycles. The fraction of sp³-hybridized carbons (Fsp3) is 0.667. The average molecular weight is 702 g/mol. The molecule has 14 heteroatoms. The lowest BCUT2D eigenvalue weighted by Gasteiger charge is -2.31. The number of ether oxygens (including phenoxy) is 1. The number of benzene rings is 1. The standard InChI is InChI=1S/C36H59N7O7/c1-10-24-18-26(24)28(20(2)3)32(45)41-27(12-11-17-39-35(37)48)31(44)40-25-15-13-23(14-16-25)19-50-36(49)43(9)30(22(6)7)34(47)42-29(21(4)5)33(46)38-8/h13-16,20-22,24,26-30H,10-12,17-19H2,1-9H3,(H,38,46)(H,40,44)(H,41,45)(H,42,47)(H3,37,39,48)/t24-,26?,27+,28-,29+,30+/m1/s1. The lowest BCUT2D eigenvalue weighted by molar-refractivity contribution is -0.133. The molecule has 14 nitrogen and oxygen atoms in total. The number of urea groups is 1. The molecular weight excluding hydrogens is 642 g/mol. The number of primary amides is 1. The van der Waals surface area contributed by atoms with Crippen LogP contribution in [0.15, 0.2) is 24.3 Å². The van der Waals surface area contributed by atoms with Crippen LogP contribution in [0.25, 0.3) is 0 Å². The number of amides is 7. The van der Waals surface area contributed by atoms with E-state index in [0.29, 0.717) is 35.9 Å². The van der Waals surface area contributed by atoms with Crippen LogP contribution in [0.3, 0.4) is 0 Å². The van der Waals surface area contributed by atoms with Crippen molar-refractivity contribution in [1.29, 1.82) is 0 Å². The van der Waals surface area contributed by atoms with E-state index in [0.717, 1.165) is 12.8 Å². The first-order valence-electron chi connectivity index (χ1n) is 17.7. The maximum Gasteiger partial charge on any atom is 0.410 e. The summed E-state index contributed by atoms with van der Waals surface area (Å²) in [7, 11) is 2.98. The van der Waals surface area contributed by atoms with Crippen molar-refractivity contribution in [1.82, 2.24) is 26.2 Å². The summed E-state index contributed by atoms with van der Waals surface area (Å²) in [5, 5.41) is 13.7. The van der Waals surface area contributed by atoms with Crippen molar-refractivity contribution < 1.29 is 33.5 Å². The Labute approximate surface area is 296 Å². The normalized spacial score (nSPS) is 17.6. The van der Waals surface area contributed by atoms with E-state index in [2.05, 4.69) is 33.5 Å². The molecule has 1 unspecified atom stereocenters. The van der Waals surface area contributed by atoms with Gasteiger partial charge in [-0.3, -0.25) is 24.1 Å². The van der Waals surface area contributed by atoms with Crippen molar-refractivity contribution in [3.05, 3.63) is 29.8 Å². The minimum Gasteiger partial charge on any atom is -0.445 e. The van der Waals surface area contributed by atoms with Crippen LogP contribution in [0.5, 0.6) is 0 Å². The molecule has 1 aliphatic carbocycles. The van der Waals surface area contributed by atoms with E-state index in [1.807, 2.05) is 27.7 Å². The Balaban J connectivity index is 2.05. The maximum atomic E-state index is 13.4. The third-order valence-electron chi connectivity index (χ3n) is 9.27. The first kappa shape index (κ1) is 41.8. The fourth-order valence-electron chi connectivity index (χ4n) is 6.36. The summed E-state index contributed by atoms with van der Waals surface area (Å²) in [5.41, 5.74) is 6.30. The minimum atomic E-state index is -0.876. The number of nitrogens with zero attached hydrogens (tertiary/aromatic N) is 1. The van der Waals surface area contributed by atoms with Gasteiger partial charge < -0.3 is 37.1 Å². The molecule has 0 aliphatic heterocycles. The Morgan fingerprint density at radius 2 is 1.52 bits per heavy atom. The molecule has 0 radical (unpaired) electrons. The Hall–Kier alpha value is -4.36. The van der Waals surface area contributed by atoms with Crippen LogP contribution in [-0.2, 0) is 30.5 Å². The molecule has 1 aliphatic rings. The Bertz CT molecular complexity index is 1320. The van der Waals surface area contributed by atoms with Gasteiger partial charge in [-0.2, -0.15) is 0 Å². The molecule has 1 aromatic carbocycles. The second kappa shape index (κ2) is 19.7. The van der Waals surface area contributed by atoms with E-state index in [1.54, 1.807) is 38.1 Å². The number of carbonyl (C=O) groups excluding carboxylic acids is 6. The molecule has 2 rings (SSSR count). The Kier molecular flexibility index (Phi) is 16.5. The number of hydrogen-bond donors (Lipinski definition) is 6. The molecular formula is C36H59N7O7. The highest BCUT2D eigenvalue weighted by Gasteiger charge is 2.46. The third kappa shape index (κ3) is 12.5. The molecule has 50 heavy (non-hydrogen) atoms. The van der Waals surface area contributed by atoms with Gasteiger partial charge >= 0.3 is 12.1 Å². The van der Waals surface area contributed by atoms with Gasteiger partial charge in [0.15, 0.2) is 0 Å². The van der Waals surface area contributed by atoms with E-state index in [9.17, 15) is 28.8 Å². The number of nitrogens with one attached hydrogen (secondary N) is 5. The van der Waals surface area contributed by atoms with Gasteiger partial charge in [-0.1, -0.05) is 67.0 Å². The lowest BCUT2D eigenvalue weighted by Crippen LogP contribution is -2.56. The van der Waals surface area contributed by atoms with Gasteiger partial charge in [0, 0.05) is 32.2 Å². The summed E-state index contributed by atoms with van der Waals surface area (Å²) in [5.74, 6) is -0.984. The van der Waals surface area contributed by atoms with E-state index in [1.165, 1.54) is 19.0 Å². The Morgan fingerprint density at radius 1 is 0.880 bits per heavy atom. The van der Waals surface area contributed by atoms with Crippen molar-refractivity contribution >= 4 is 41.4 Å². The molecule has 1 aromatic rings. The van der Waals surface area contributed by atoms with Crippen LogP contribution in [0.4, 0.5) is 15.3 Å². The van der Waals surface area contributed by atoms with Gasteiger partial charge in [0.2, 0.25) is 23.6 Å². The van der Waals surface area contributed by atoms with Crippen molar-refractivity contribution in [2.45, 2.75) is 98.9 Å². The van der Waals surface area contributed by atoms with Crippen LogP contribution in [-0.4, -0.2) is 79.4 Å². The number of likely N-dealkylation sites (N-methyl/N-ethyl adjacent to an activating group) is 2. The molecule has 0 heterocycles. The topological polar surface area (TPSA) is 201 Å². The van der Waals surface area contributed by atoms with Gasteiger partial charge in [-0.05, 0) is 66.5 Å². The van der Waals surface area contributed by atoms with Gasteiger partial charge in [-0.25, -0.2) is 9.59 Å². The average Bonchev–Trinajstić information content (AvgIpc) is 3.82. The zero-order valence-corrected chi connectivity index (χ0v) is 31.1. The van der Waals surface area contributed by atoms with Crippen LogP contribution in [0.2, 0.25) is 0 Å². The monoisotopic (exact) mass is 701 g/mol. The lowest BCUT2D eigenvalue weighted by atomic mass is 9.88. The largest absolute Gasteiger partial charge is 0.445 e. The van der Waals surface area contributed by atoms with Crippen molar-refractivity contribution in [3.63, 3.8) is 0 Å². The van der Waals surface area contributed by atoms with Crippen molar-refractivity contribution in [3.8, 4) is 0 Å². The minimum absolute atomic E-state index is 0.0846. The molecule has 0 bridgehead atoms. The van der Waals surface area contributed by atoms with Gasteiger partial charge in [0.05, 0.1) is 0 Å². The molecule has 6 atom stereocenters. The summed E-state index contributed by atoms with van der Waals surface area (Å²) >= 11 is 0. The molecule has 7 N–H and O–H groups in total. The predicted octanol–water partition coefficient (Wildman–Crippen LogP) is 3.36. The van der Waals surface area contributed by atoms with E-state index in [-0.39, 0.29) is 48.6 Å². The zero-order valence-electron chi connectivity index (χ0n) is 31.1. The SMILES string of the molecule is CC[C@@H]1CC1[C@H](C(=O)N[C@@H](CCCNC(N)=O)C(=O)Nc1ccc(COC(=O)N(C)[C@H](C(=O)N[C@H](C(=O)NC)C(C)C)C(C)C)cc1)C(C)C. The third-order valence-corrected chi connectivity index (χ3v) is 9.27. The highest BCUT2D eigenvalue weighted by molar-refractivity contribution is 5.97. The predicted molar refractivity (Wildman–Crippen MR) is 191 cm³/mol. The van der Waals surface area contributed by atoms with Crippen LogP contribution >= 0.6 is 0 Å². The summed E-state index contributed by atoms with van der Waals surface area (Å²) in [4.78, 5) is 77.6. The summed E-state index contributed by atoms with van der Waals surface area (Å²) in [6.07, 6.45) is 2.04. The van der Waals surface area contributed by atoms with Crippen molar-refractivity contribution in [2.75, 3.05) is 26.0 Å².